The molecule has 1 heterocycles. The lowest BCUT2D eigenvalue weighted by Gasteiger charge is -2.11. The lowest BCUT2D eigenvalue weighted by molar-refractivity contribution is 0.105. The van der Waals surface area contributed by atoms with Gasteiger partial charge >= 0.3 is 0 Å². The molecule has 15 heavy (non-hydrogen) atoms. The van der Waals surface area contributed by atoms with Gasteiger partial charge in [0.05, 0.1) is 12.2 Å². The molecule has 0 aromatic heterocycles. The Hall–Kier alpha value is -0.640. The summed E-state index contributed by atoms with van der Waals surface area (Å²) in [5.74, 6) is 0. The Morgan fingerprint density at radius 2 is 2.40 bits per heavy atom. The molecule has 1 fully saturated rings. The maximum absolute atomic E-state index is 11.4. The number of nitrogens with zero attached hydrogens (tertiary/aromatic N) is 1. The van der Waals surface area contributed by atoms with E-state index < -0.39 is 15.3 Å². The lowest BCUT2D eigenvalue weighted by atomic mass is 10.2. The van der Waals surface area contributed by atoms with E-state index in [0.717, 1.165) is 19.4 Å². The predicted molar refractivity (Wildman–Crippen MR) is 55.6 cm³/mol. The van der Waals surface area contributed by atoms with E-state index in [-0.39, 0.29) is 6.10 Å². The van der Waals surface area contributed by atoms with Gasteiger partial charge < -0.3 is 4.74 Å². The fourth-order valence-electron chi connectivity index (χ4n) is 1.43. The van der Waals surface area contributed by atoms with Gasteiger partial charge in [0.2, 0.25) is 10.0 Å². The lowest BCUT2D eigenvalue weighted by Crippen LogP contribution is -2.33. The molecule has 2 unspecified atom stereocenters. The molecule has 1 N–H and O–H groups in total. The van der Waals surface area contributed by atoms with Gasteiger partial charge in [-0.3, -0.25) is 0 Å². The molecule has 0 aromatic rings. The van der Waals surface area contributed by atoms with Crippen molar-refractivity contribution < 1.29 is 13.2 Å². The third-order valence-electron chi connectivity index (χ3n) is 2.44. The summed E-state index contributed by atoms with van der Waals surface area (Å²) in [4.78, 5) is 0. The van der Waals surface area contributed by atoms with Crippen molar-refractivity contribution in [3.05, 3.63) is 0 Å². The average molecular weight is 232 g/mol. The molecule has 0 aliphatic carbocycles. The standard InChI is InChI=1S/C9H16N2O3S/c1-8(7-10)15(12,13)11-5-4-9-3-2-6-14-9/h8-9,11H,2-6H2,1H3. The molecule has 0 aromatic carbocycles. The summed E-state index contributed by atoms with van der Waals surface area (Å²) in [5.41, 5.74) is 0. The summed E-state index contributed by atoms with van der Waals surface area (Å²) >= 11 is 0. The van der Waals surface area contributed by atoms with Crippen LogP contribution >= 0.6 is 0 Å². The molecule has 5 nitrogen and oxygen atoms in total. The minimum absolute atomic E-state index is 0.171. The molecule has 0 spiro atoms. The zero-order valence-electron chi connectivity index (χ0n) is 8.77. The van der Waals surface area contributed by atoms with Gasteiger partial charge in [-0.25, -0.2) is 13.1 Å². The number of nitrogens with one attached hydrogen (secondary N) is 1. The van der Waals surface area contributed by atoms with Crippen molar-refractivity contribution in [2.24, 2.45) is 0 Å². The molecular weight excluding hydrogens is 216 g/mol. The van der Waals surface area contributed by atoms with Crippen molar-refractivity contribution in [1.82, 2.24) is 4.72 Å². The van der Waals surface area contributed by atoms with Crippen molar-refractivity contribution in [2.75, 3.05) is 13.2 Å². The largest absolute Gasteiger partial charge is 0.378 e. The molecule has 6 heteroatoms. The molecule has 1 saturated heterocycles. The second-order valence-corrected chi connectivity index (χ2v) is 5.72. The van der Waals surface area contributed by atoms with Gasteiger partial charge in [0.15, 0.2) is 5.25 Å². The first-order valence-electron chi connectivity index (χ1n) is 5.06. The highest BCUT2D eigenvalue weighted by molar-refractivity contribution is 7.90. The Morgan fingerprint density at radius 3 is 2.93 bits per heavy atom. The normalized spacial score (nSPS) is 23.6. The summed E-state index contributed by atoms with van der Waals surface area (Å²) in [5, 5.41) is 7.49. The minimum atomic E-state index is -3.47. The Morgan fingerprint density at radius 1 is 1.67 bits per heavy atom. The second-order valence-electron chi connectivity index (χ2n) is 3.63. The van der Waals surface area contributed by atoms with Crippen LogP contribution in [0.25, 0.3) is 0 Å². The molecule has 0 bridgehead atoms. The first-order valence-corrected chi connectivity index (χ1v) is 6.60. The average Bonchev–Trinajstić information content (AvgIpc) is 2.69. The Bertz CT molecular complexity index is 328. The smallest absolute Gasteiger partial charge is 0.227 e. The summed E-state index contributed by atoms with van der Waals surface area (Å²) in [7, 11) is -3.47. The molecule has 0 radical (unpaired) electrons. The molecule has 86 valence electrons. The molecule has 1 aliphatic rings. The first-order chi connectivity index (χ1) is 7.06. The molecule has 2 atom stereocenters. The second kappa shape index (κ2) is 5.45. The van der Waals surface area contributed by atoms with Crippen molar-refractivity contribution in [3.8, 4) is 6.07 Å². The van der Waals surface area contributed by atoms with E-state index in [1.165, 1.54) is 6.92 Å². The van der Waals surface area contributed by atoms with Crippen LogP contribution in [0.4, 0.5) is 0 Å². The first kappa shape index (κ1) is 12.4. The highest BCUT2D eigenvalue weighted by Gasteiger charge is 2.21. The van der Waals surface area contributed by atoms with E-state index >= 15 is 0 Å². The van der Waals surface area contributed by atoms with Crippen molar-refractivity contribution in [2.45, 2.75) is 37.5 Å². The number of hydrogen-bond acceptors (Lipinski definition) is 4. The van der Waals surface area contributed by atoms with Crippen LogP contribution in [-0.4, -0.2) is 32.9 Å². The number of hydrogen-bond donors (Lipinski definition) is 1. The van der Waals surface area contributed by atoms with Gasteiger partial charge in [0, 0.05) is 13.2 Å². The fraction of sp³-hybridized carbons (Fsp3) is 0.889. The maximum Gasteiger partial charge on any atom is 0.227 e. The predicted octanol–water partition coefficient (Wildman–Crippen LogP) is 0.387. The van der Waals surface area contributed by atoms with Crippen LogP contribution in [0.15, 0.2) is 0 Å². The van der Waals surface area contributed by atoms with Crippen LogP contribution in [0.5, 0.6) is 0 Å². The molecular formula is C9H16N2O3S. The quantitative estimate of drug-likeness (QED) is 0.743. The number of rotatable bonds is 5. The van der Waals surface area contributed by atoms with E-state index in [4.69, 9.17) is 10.00 Å². The van der Waals surface area contributed by atoms with Gasteiger partial charge in [-0.05, 0) is 26.2 Å². The van der Waals surface area contributed by atoms with Gasteiger partial charge in [0.1, 0.15) is 0 Å². The van der Waals surface area contributed by atoms with Gasteiger partial charge in [-0.1, -0.05) is 0 Å². The van der Waals surface area contributed by atoms with E-state index in [9.17, 15) is 8.42 Å². The third kappa shape index (κ3) is 3.78. The SMILES string of the molecule is CC(C#N)S(=O)(=O)NCCC1CCCO1. The van der Waals surface area contributed by atoms with Gasteiger partial charge in [0.25, 0.3) is 0 Å². The Kier molecular flexibility index (Phi) is 4.51. The number of ether oxygens (including phenoxy) is 1. The monoisotopic (exact) mass is 232 g/mol. The summed E-state index contributed by atoms with van der Waals surface area (Å²) < 4.78 is 30.5. The van der Waals surface area contributed by atoms with Crippen molar-refractivity contribution in [1.29, 1.82) is 5.26 Å². The van der Waals surface area contributed by atoms with Gasteiger partial charge in [-0.2, -0.15) is 5.26 Å². The highest BCUT2D eigenvalue weighted by atomic mass is 32.2. The van der Waals surface area contributed by atoms with E-state index in [2.05, 4.69) is 4.72 Å². The maximum atomic E-state index is 11.4. The third-order valence-corrected chi connectivity index (χ3v) is 4.08. The van der Waals surface area contributed by atoms with Crippen LogP contribution in [0.3, 0.4) is 0 Å². The minimum Gasteiger partial charge on any atom is -0.378 e. The highest BCUT2D eigenvalue weighted by Crippen LogP contribution is 2.14. The van der Waals surface area contributed by atoms with Crippen molar-refractivity contribution in [3.63, 3.8) is 0 Å². The van der Waals surface area contributed by atoms with Crippen LogP contribution < -0.4 is 4.72 Å². The van der Waals surface area contributed by atoms with Crippen LogP contribution in [-0.2, 0) is 14.8 Å². The summed E-state index contributed by atoms with van der Waals surface area (Å²) in [6.45, 7) is 2.49. The van der Waals surface area contributed by atoms with Crippen molar-refractivity contribution >= 4 is 10.0 Å². The molecule has 0 saturated carbocycles. The van der Waals surface area contributed by atoms with Crippen LogP contribution in [0, 0.1) is 11.3 Å². The summed E-state index contributed by atoms with van der Waals surface area (Å²) in [6, 6.07) is 1.70. The van der Waals surface area contributed by atoms with Crippen LogP contribution in [0.1, 0.15) is 26.2 Å². The zero-order valence-corrected chi connectivity index (χ0v) is 9.59. The zero-order chi connectivity index (χ0) is 11.3. The van der Waals surface area contributed by atoms with E-state index in [1.807, 2.05) is 0 Å². The molecule has 0 amide bonds. The fourth-order valence-corrected chi connectivity index (χ4v) is 2.22. The molecule has 1 aliphatic heterocycles. The van der Waals surface area contributed by atoms with E-state index in [0.29, 0.717) is 13.0 Å². The number of sulfonamides is 1. The van der Waals surface area contributed by atoms with Crippen LogP contribution in [0.2, 0.25) is 0 Å². The Labute approximate surface area is 90.5 Å². The summed E-state index contributed by atoms with van der Waals surface area (Å²) in [6.07, 6.45) is 2.89. The van der Waals surface area contributed by atoms with Gasteiger partial charge in [-0.15, -0.1) is 0 Å². The Balaban J connectivity index is 2.27. The topological polar surface area (TPSA) is 79.2 Å². The number of nitriles is 1. The molecule has 1 rings (SSSR count). The van der Waals surface area contributed by atoms with E-state index in [1.54, 1.807) is 6.07 Å².